The second-order valence-corrected chi connectivity index (χ2v) is 10.6. The first-order chi connectivity index (χ1) is 20.5. The van der Waals surface area contributed by atoms with Crippen LogP contribution < -0.4 is 10.6 Å². The number of nitrogens with one attached hydrogen (secondary N) is 2. The van der Waals surface area contributed by atoms with Gasteiger partial charge in [0.05, 0.1) is 28.1 Å². The molecular formula is C26H23ClF3N11O2. The van der Waals surface area contributed by atoms with Crippen molar-refractivity contribution in [2.75, 3.05) is 5.32 Å². The third-order valence-corrected chi connectivity index (χ3v) is 7.26. The summed E-state index contributed by atoms with van der Waals surface area (Å²) in [5, 5.41) is 24.5. The lowest BCUT2D eigenvalue weighted by Crippen LogP contribution is -2.36. The smallest absolute Gasteiger partial charge is 0.348 e. The molecule has 0 bridgehead atoms. The van der Waals surface area contributed by atoms with Gasteiger partial charge in [-0.3, -0.25) is 9.59 Å². The molecule has 0 spiro atoms. The summed E-state index contributed by atoms with van der Waals surface area (Å²) in [6, 6.07) is 7.92. The Kier molecular flexibility index (Phi) is 7.07. The van der Waals surface area contributed by atoms with E-state index in [4.69, 9.17) is 11.6 Å². The number of anilines is 1. The van der Waals surface area contributed by atoms with Crippen LogP contribution >= 0.6 is 11.6 Å². The Bertz CT molecular complexity index is 1860. The van der Waals surface area contributed by atoms with Crippen molar-refractivity contribution in [3.8, 4) is 5.82 Å². The highest BCUT2D eigenvalue weighted by Gasteiger charge is 2.37. The summed E-state index contributed by atoms with van der Waals surface area (Å²) in [4.78, 5) is 32.3. The molecule has 1 aliphatic carbocycles. The van der Waals surface area contributed by atoms with Gasteiger partial charge in [-0.05, 0) is 73.7 Å². The SMILES string of the molecule is Cc1cc2ccnn2c(C(=O)NC(C)C2CC2)c1NC(=O)c1cc(Cn2nnc(C(F)(F)F)n2)nn1-c1ncccc1Cl. The fourth-order valence-corrected chi connectivity index (χ4v) is 4.86. The van der Waals surface area contributed by atoms with Gasteiger partial charge >= 0.3 is 6.18 Å². The predicted octanol–water partition coefficient (Wildman–Crippen LogP) is 3.71. The van der Waals surface area contributed by atoms with Crippen LogP contribution in [-0.4, -0.2) is 62.4 Å². The predicted molar refractivity (Wildman–Crippen MR) is 146 cm³/mol. The van der Waals surface area contributed by atoms with E-state index in [2.05, 4.69) is 41.2 Å². The van der Waals surface area contributed by atoms with Gasteiger partial charge in [0, 0.05) is 12.2 Å². The van der Waals surface area contributed by atoms with Crippen molar-refractivity contribution in [3.05, 3.63) is 76.2 Å². The number of fused-ring (bicyclic) bond motifs is 1. The highest BCUT2D eigenvalue weighted by Crippen LogP contribution is 2.33. The van der Waals surface area contributed by atoms with Crippen LogP contribution in [0.2, 0.25) is 5.02 Å². The standard InChI is InChI=1S/C26H23ClF3N11O2/c1-13-10-17-7-9-32-40(17)21(24(43)33-14(2)15-5-6-15)20(13)34-23(42)19-11-16(12-39-37-25(35-38-39)26(28,29)30)36-41(19)22-18(27)4-3-8-31-22/h3-4,7-11,14-15H,5-6,12H2,1-2H3,(H,33,43)(H,34,42). The molecular weight excluding hydrogens is 591 g/mol. The van der Waals surface area contributed by atoms with Gasteiger partial charge in [0.1, 0.15) is 12.2 Å². The molecule has 1 aliphatic rings. The first kappa shape index (κ1) is 28.3. The summed E-state index contributed by atoms with van der Waals surface area (Å²) < 4.78 is 41.6. The lowest BCUT2D eigenvalue weighted by atomic mass is 10.1. The number of pyridine rings is 2. The maximum atomic E-state index is 13.9. The number of alkyl halides is 3. The van der Waals surface area contributed by atoms with Crippen molar-refractivity contribution in [1.82, 2.24) is 49.9 Å². The minimum absolute atomic E-state index is 0.0653. The van der Waals surface area contributed by atoms with E-state index in [9.17, 15) is 22.8 Å². The molecule has 6 rings (SSSR count). The zero-order valence-corrected chi connectivity index (χ0v) is 23.4. The average Bonchev–Trinajstić information content (AvgIpc) is 3.30. The Morgan fingerprint density at radius 2 is 1.93 bits per heavy atom. The molecule has 0 aliphatic heterocycles. The normalized spacial score (nSPS) is 14.2. The van der Waals surface area contributed by atoms with Crippen LogP contribution in [0.25, 0.3) is 11.3 Å². The van der Waals surface area contributed by atoms with Crippen LogP contribution in [0.3, 0.4) is 0 Å². The summed E-state index contributed by atoms with van der Waals surface area (Å²) >= 11 is 6.36. The largest absolute Gasteiger partial charge is 0.455 e. The monoisotopic (exact) mass is 613 g/mol. The van der Waals surface area contributed by atoms with Gasteiger partial charge in [-0.1, -0.05) is 11.6 Å². The van der Waals surface area contributed by atoms with E-state index in [1.54, 1.807) is 37.4 Å². The van der Waals surface area contributed by atoms with E-state index in [-0.39, 0.29) is 46.2 Å². The average molecular weight is 614 g/mol. The Morgan fingerprint density at radius 1 is 1.14 bits per heavy atom. The van der Waals surface area contributed by atoms with Gasteiger partial charge in [-0.15, -0.1) is 10.2 Å². The number of carbonyl (C=O) groups is 2. The molecule has 1 fully saturated rings. The highest BCUT2D eigenvalue weighted by atomic mass is 35.5. The van der Waals surface area contributed by atoms with Crippen LogP contribution in [0.1, 0.15) is 57.8 Å². The van der Waals surface area contributed by atoms with Crippen molar-refractivity contribution in [2.24, 2.45) is 5.92 Å². The molecule has 2 amide bonds. The topological polar surface area (TPSA) is 150 Å². The van der Waals surface area contributed by atoms with Gasteiger partial charge in [0.15, 0.2) is 11.5 Å². The third-order valence-electron chi connectivity index (χ3n) is 6.96. The maximum absolute atomic E-state index is 13.9. The van der Waals surface area contributed by atoms with Crippen LogP contribution in [0.15, 0.2) is 42.7 Å². The van der Waals surface area contributed by atoms with E-state index in [1.807, 2.05) is 6.92 Å². The van der Waals surface area contributed by atoms with E-state index in [1.165, 1.54) is 16.8 Å². The maximum Gasteiger partial charge on any atom is 0.455 e. The van der Waals surface area contributed by atoms with Gasteiger partial charge in [-0.2, -0.15) is 28.2 Å². The van der Waals surface area contributed by atoms with Gasteiger partial charge < -0.3 is 10.6 Å². The summed E-state index contributed by atoms with van der Waals surface area (Å²) in [5.74, 6) is -2.03. The number of carbonyl (C=O) groups excluding carboxylic acids is 2. The molecule has 0 radical (unpaired) electrons. The molecule has 0 aromatic carbocycles. The number of hydrogen-bond acceptors (Lipinski definition) is 8. The zero-order chi connectivity index (χ0) is 30.5. The second kappa shape index (κ2) is 10.8. The molecule has 1 unspecified atom stereocenters. The first-order valence-corrected chi connectivity index (χ1v) is 13.5. The van der Waals surface area contributed by atoms with E-state index in [0.29, 0.717) is 21.8 Å². The highest BCUT2D eigenvalue weighted by molar-refractivity contribution is 6.32. The number of aromatic nitrogens is 9. The van der Waals surface area contributed by atoms with Crippen LogP contribution in [0.4, 0.5) is 18.9 Å². The van der Waals surface area contributed by atoms with Crippen molar-refractivity contribution < 1.29 is 22.8 Å². The number of tetrazole rings is 1. The minimum Gasteiger partial charge on any atom is -0.348 e. The molecule has 5 aromatic heterocycles. The van der Waals surface area contributed by atoms with E-state index in [0.717, 1.165) is 17.5 Å². The second-order valence-electron chi connectivity index (χ2n) is 10.2. The number of hydrogen-bond donors (Lipinski definition) is 2. The number of amides is 2. The van der Waals surface area contributed by atoms with Crippen molar-refractivity contribution in [2.45, 2.75) is 45.5 Å². The third kappa shape index (κ3) is 5.64. The van der Waals surface area contributed by atoms with E-state index < -0.39 is 23.8 Å². The van der Waals surface area contributed by atoms with Crippen molar-refractivity contribution >= 4 is 34.6 Å². The van der Waals surface area contributed by atoms with Crippen molar-refractivity contribution in [3.63, 3.8) is 0 Å². The summed E-state index contributed by atoms with van der Waals surface area (Å²) in [7, 11) is 0. The van der Waals surface area contributed by atoms with Gasteiger partial charge in [0.25, 0.3) is 17.6 Å². The lowest BCUT2D eigenvalue weighted by Gasteiger charge is -2.18. The minimum atomic E-state index is -4.78. The van der Waals surface area contributed by atoms with Crippen LogP contribution in [0.5, 0.6) is 0 Å². The summed E-state index contributed by atoms with van der Waals surface area (Å²) in [6.07, 6.45) is 0.268. The van der Waals surface area contributed by atoms with Crippen LogP contribution in [0, 0.1) is 12.8 Å². The quantitative estimate of drug-likeness (QED) is 0.269. The number of rotatable bonds is 8. The fourth-order valence-electron chi connectivity index (χ4n) is 4.66. The number of aryl methyl sites for hydroxylation is 1. The lowest BCUT2D eigenvalue weighted by molar-refractivity contribution is -0.145. The first-order valence-electron chi connectivity index (χ1n) is 13.1. The van der Waals surface area contributed by atoms with Gasteiger partial charge in [0.2, 0.25) is 0 Å². The van der Waals surface area contributed by atoms with Gasteiger partial charge in [-0.25, -0.2) is 14.2 Å². The molecule has 5 aromatic rings. The number of halogens is 4. The summed E-state index contributed by atoms with van der Waals surface area (Å²) in [5.41, 5.74) is 1.66. The van der Waals surface area contributed by atoms with Crippen LogP contribution in [-0.2, 0) is 12.7 Å². The Labute approximate surface area is 246 Å². The molecule has 0 saturated heterocycles. The molecule has 222 valence electrons. The molecule has 17 heteroatoms. The molecule has 43 heavy (non-hydrogen) atoms. The number of nitrogens with zero attached hydrogens (tertiary/aromatic N) is 9. The molecule has 2 N–H and O–H groups in total. The molecule has 13 nitrogen and oxygen atoms in total. The molecule has 1 atom stereocenters. The van der Waals surface area contributed by atoms with E-state index >= 15 is 0 Å². The Morgan fingerprint density at radius 3 is 2.63 bits per heavy atom. The Balaban J connectivity index is 1.38. The Hall–Kier alpha value is -4.86. The zero-order valence-electron chi connectivity index (χ0n) is 22.7. The molecule has 1 saturated carbocycles. The molecule has 5 heterocycles. The summed E-state index contributed by atoms with van der Waals surface area (Å²) in [6.45, 7) is 3.34. The van der Waals surface area contributed by atoms with Crippen molar-refractivity contribution in [1.29, 1.82) is 0 Å². The fraction of sp³-hybridized carbons (Fsp3) is 0.308.